The third kappa shape index (κ3) is 20.2. The van der Waals surface area contributed by atoms with Crippen molar-refractivity contribution in [3.8, 4) is 0 Å². The summed E-state index contributed by atoms with van der Waals surface area (Å²) in [5.74, 6) is 0. The van der Waals surface area contributed by atoms with Crippen LogP contribution in [0.2, 0.25) is 0 Å². The van der Waals surface area contributed by atoms with Crippen LogP contribution >= 0.6 is 0 Å². The van der Waals surface area contributed by atoms with E-state index in [9.17, 15) is 15.3 Å². The van der Waals surface area contributed by atoms with E-state index >= 15 is 0 Å². The molecule has 0 aromatic rings. The third-order valence-corrected chi connectivity index (χ3v) is 6.71. The molecule has 4 N–H and O–H groups in total. The van der Waals surface area contributed by atoms with Gasteiger partial charge in [-0.15, -0.1) is 0 Å². The highest BCUT2D eigenvalue weighted by atomic mass is 16.3. The molecular formula is C26H57N2O3+. The highest BCUT2D eigenvalue weighted by Gasteiger charge is 2.25. The first-order valence-electron chi connectivity index (χ1n) is 13.6. The summed E-state index contributed by atoms with van der Waals surface area (Å²) in [5, 5.41) is 31.4. The second-order valence-corrected chi connectivity index (χ2v) is 9.42. The topological polar surface area (TPSA) is 72.7 Å². The maximum atomic E-state index is 9.33. The van der Waals surface area contributed by atoms with Gasteiger partial charge in [0.15, 0.2) is 0 Å². The summed E-state index contributed by atoms with van der Waals surface area (Å²) < 4.78 is 0.653. The average Bonchev–Trinajstić information content (AvgIpc) is 2.76. The summed E-state index contributed by atoms with van der Waals surface area (Å²) in [6.07, 6.45) is 21.8. The molecule has 0 atom stereocenters. The molecule has 188 valence electrons. The zero-order valence-electron chi connectivity index (χ0n) is 21.0. The number of unbranched alkanes of at least 4 members (excludes halogenated alkanes) is 15. The van der Waals surface area contributed by atoms with Crippen LogP contribution in [0.25, 0.3) is 0 Å². The molecule has 5 heteroatoms. The van der Waals surface area contributed by atoms with Crippen molar-refractivity contribution in [1.29, 1.82) is 0 Å². The van der Waals surface area contributed by atoms with Gasteiger partial charge in [-0.2, -0.15) is 0 Å². The summed E-state index contributed by atoms with van der Waals surface area (Å²) in [4.78, 5) is 0. The zero-order valence-corrected chi connectivity index (χ0v) is 21.0. The Morgan fingerprint density at radius 2 is 0.774 bits per heavy atom. The van der Waals surface area contributed by atoms with Gasteiger partial charge in [0.05, 0.1) is 26.4 Å². The van der Waals surface area contributed by atoms with E-state index in [2.05, 4.69) is 12.2 Å². The zero-order chi connectivity index (χ0) is 22.9. The summed E-state index contributed by atoms with van der Waals surface area (Å²) in [7, 11) is 0. The number of hydrogen-bond acceptors (Lipinski definition) is 4. The van der Waals surface area contributed by atoms with Crippen molar-refractivity contribution in [3.05, 3.63) is 0 Å². The Hall–Kier alpha value is -0.200. The summed E-state index contributed by atoms with van der Waals surface area (Å²) in [6.45, 7) is 7.70. The number of aliphatic hydroxyl groups excluding tert-OH is 3. The van der Waals surface area contributed by atoms with Gasteiger partial charge in [0.25, 0.3) is 0 Å². The smallest absolute Gasteiger partial charge is 0.102 e. The van der Waals surface area contributed by atoms with E-state index in [1.54, 1.807) is 0 Å². The lowest BCUT2D eigenvalue weighted by Crippen LogP contribution is -2.53. The minimum Gasteiger partial charge on any atom is -0.391 e. The second-order valence-electron chi connectivity index (χ2n) is 9.42. The second kappa shape index (κ2) is 24.4. The molecule has 0 aliphatic rings. The van der Waals surface area contributed by atoms with Crippen molar-refractivity contribution in [3.63, 3.8) is 0 Å². The number of nitrogens with zero attached hydrogens (tertiary/aromatic N) is 1. The Bertz CT molecular complexity index is 326. The van der Waals surface area contributed by atoms with Crippen LogP contribution in [-0.4, -0.2) is 78.9 Å². The molecule has 0 aliphatic carbocycles. The van der Waals surface area contributed by atoms with Crippen LogP contribution in [0.5, 0.6) is 0 Å². The predicted molar refractivity (Wildman–Crippen MR) is 133 cm³/mol. The number of quaternary nitrogens is 1. The van der Waals surface area contributed by atoms with Crippen LogP contribution in [0, 0.1) is 0 Å². The molecule has 0 rings (SSSR count). The van der Waals surface area contributed by atoms with E-state index < -0.39 is 0 Å². The van der Waals surface area contributed by atoms with Gasteiger partial charge in [-0.25, -0.2) is 0 Å². The molecule has 0 aromatic carbocycles. The number of aliphatic hydroxyl groups is 3. The fraction of sp³-hybridized carbons (Fsp3) is 1.00. The van der Waals surface area contributed by atoms with Crippen molar-refractivity contribution in [2.24, 2.45) is 0 Å². The van der Waals surface area contributed by atoms with Crippen LogP contribution < -0.4 is 5.32 Å². The van der Waals surface area contributed by atoms with Crippen LogP contribution in [0.4, 0.5) is 0 Å². The fourth-order valence-electron chi connectivity index (χ4n) is 4.66. The Morgan fingerprint density at radius 3 is 1.10 bits per heavy atom. The first kappa shape index (κ1) is 30.8. The van der Waals surface area contributed by atoms with Crippen molar-refractivity contribution >= 4 is 0 Å². The fourth-order valence-corrected chi connectivity index (χ4v) is 4.66. The van der Waals surface area contributed by atoms with E-state index in [1.165, 1.54) is 103 Å². The van der Waals surface area contributed by atoms with Gasteiger partial charge < -0.3 is 25.1 Å². The van der Waals surface area contributed by atoms with Crippen molar-refractivity contribution in [2.75, 3.05) is 59.1 Å². The van der Waals surface area contributed by atoms with Gasteiger partial charge in [0, 0.05) is 0 Å². The van der Waals surface area contributed by atoms with Crippen LogP contribution in [0.1, 0.15) is 110 Å². The molecule has 0 amide bonds. The standard InChI is InChI=1S/C26H57N2O3/c1-2-27-19-17-15-13-11-9-7-5-3-4-6-8-10-12-14-16-18-20-28(21-24-29,22-25-30)23-26-31/h27,29-31H,2-26H2,1H3/q+1. The largest absolute Gasteiger partial charge is 0.391 e. The maximum absolute atomic E-state index is 9.33. The van der Waals surface area contributed by atoms with E-state index in [0.29, 0.717) is 24.1 Å². The van der Waals surface area contributed by atoms with Gasteiger partial charge in [0.2, 0.25) is 0 Å². The first-order chi connectivity index (χ1) is 15.2. The van der Waals surface area contributed by atoms with Gasteiger partial charge in [-0.1, -0.05) is 90.4 Å². The molecule has 0 heterocycles. The molecule has 0 unspecified atom stereocenters. The Kier molecular flexibility index (Phi) is 24.3. The van der Waals surface area contributed by atoms with E-state index in [-0.39, 0.29) is 19.8 Å². The summed E-state index contributed by atoms with van der Waals surface area (Å²) in [6, 6.07) is 0. The van der Waals surface area contributed by atoms with Crippen molar-refractivity contribution in [2.45, 2.75) is 110 Å². The molecule has 0 aromatic heterocycles. The van der Waals surface area contributed by atoms with Crippen molar-refractivity contribution in [1.82, 2.24) is 5.32 Å². The van der Waals surface area contributed by atoms with Crippen LogP contribution in [-0.2, 0) is 0 Å². The summed E-state index contributed by atoms with van der Waals surface area (Å²) in [5.41, 5.74) is 0. The Morgan fingerprint density at radius 1 is 0.452 bits per heavy atom. The number of hydrogen-bond donors (Lipinski definition) is 4. The molecule has 0 fully saturated rings. The molecular weight excluding hydrogens is 388 g/mol. The number of rotatable bonds is 26. The quantitative estimate of drug-likeness (QED) is 0.116. The molecule has 0 spiro atoms. The molecule has 31 heavy (non-hydrogen) atoms. The molecule has 0 radical (unpaired) electrons. The molecule has 0 aliphatic heterocycles. The highest BCUT2D eigenvalue weighted by Crippen LogP contribution is 2.15. The van der Waals surface area contributed by atoms with Crippen LogP contribution in [0.15, 0.2) is 0 Å². The Balaban J connectivity index is 3.39. The van der Waals surface area contributed by atoms with E-state index in [0.717, 1.165) is 19.5 Å². The van der Waals surface area contributed by atoms with Gasteiger partial charge in [-0.05, 0) is 32.4 Å². The lowest BCUT2D eigenvalue weighted by atomic mass is 10.0. The average molecular weight is 446 g/mol. The SMILES string of the molecule is CCNCCCCCCCCCCCCCCCCCC[N+](CCO)(CCO)CCO. The predicted octanol–water partition coefficient (Wildman–Crippen LogP) is 4.63. The normalized spacial score (nSPS) is 12.0. The monoisotopic (exact) mass is 445 g/mol. The molecule has 0 bridgehead atoms. The highest BCUT2D eigenvalue weighted by molar-refractivity contribution is 4.52. The van der Waals surface area contributed by atoms with Gasteiger partial charge >= 0.3 is 0 Å². The lowest BCUT2D eigenvalue weighted by molar-refractivity contribution is -0.929. The minimum atomic E-state index is 0.122. The lowest BCUT2D eigenvalue weighted by Gasteiger charge is -2.37. The molecule has 5 nitrogen and oxygen atoms in total. The van der Waals surface area contributed by atoms with Crippen molar-refractivity contribution < 1.29 is 19.8 Å². The molecule has 0 saturated carbocycles. The third-order valence-electron chi connectivity index (χ3n) is 6.71. The van der Waals surface area contributed by atoms with E-state index in [4.69, 9.17) is 0 Å². The summed E-state index contributed by atoms with van der Waals surface area (Å²) >= 11 is 0. The first-order valence-corrected chi connectivity index (χ1v) is 13.6. The number of nitrogens with one attached hydrogen (secondary N) is 1. The van der Waals surface area contributed by atoms with Gasteiger partial charge in [-0.3, -0.25) is 0 Å². The van der Waals surface area contributed by atoms with Gasteiger partial charge in [0.1, 0.15) is 19.6 Å². The van der Waals surface area contributed by atoms with E-state index in [1.807, 2.05) is 0 Å². The Labute approximate surface area is 194 Å². The maximum Gasteiger partial charge on any atom is 0.102 e. The molecule has 0 saturated heterocycles. The van der Waals surface area contributed by atoms with Crippen LogP contribution in [0.3, 0.4) is 0 Å². The minimum absolute atomic E-state index is 0.122.